The Balaban J connectivity index is 1.57. The Morgan fingerprint density at radius 1 is 1.20 bits per heavy atom. The van der Waals surface area contributed by atoms with E-state index in [1.807, 2.05) is 18.2 Å². The molecule has 1 aliphatic carbocycles. The minimum absolute atomic E-state index is 0.267. The van der Waals surface area contributed by atoms with E-state index in [1.165, 1.54) is 12.8 Å². The summed E-state index contributed by atoms with van der Waals surface area (Å²) in [6.45, 7) is 3.13. The van der Waals surface area contributed by atoms with E-state index in [2.05, 4.69) is 11.0 Å². The third-order valence-corrected chi connectivity index (χ3v) is 4.01. The van der Waals surface area contributed by atoms with Crippen molar-refractivity contribution in [3.05, 3.63) is 24.3 Å². The van der Waals surface area contributed by atoms with Crippen LogP contribution in [0, 0.1) is 5.92 Å². The number of rotatable bonds is 6. The van der Waals surface area contributed by atoms with E-state index in [9.17, 15) is 0 Å². The molecule has 0 aromatic heterocycles. The van der Waals surface area contributed by atoms with Crippen molar-refractivity contribution in [1.82, 2.24) is 0 Å². The highest BCUT2D eigenvalue weighted by Crippen LogP contribution is 2.31. The van der Waals surface area contributed by atoms with Gasteiger partial charge in [0.2, 0.25) is 0 Å². The second-order valence-corrected chi connectivity index (χ2v) is 5.89. The van der Waals surface area contributed by atoms with Crippen LogP contribution in [-0.2, 0) is 4.74 Å². The average Bonchev–Trinajstić information content (AvgIpc) is 3.28. The zero-order valence-corrected chi connectivity index (χ0v) is 12.0. The maximum atomic E-state index is 6.07. The van der Waals surface area contributed by atoms with Gasteiger partial charge in [-0.25, -0.2) is 0 Å². The van der Waals surface area contributed by atoms with Crippen LogP contribution in [0.1, 0.15) is 25.7 Å². The van der Waals surface area contributed by atoms with Gasteiger partial charge >= 0.3 is 0 Å². The second kappa shape index (κ2) is 6.46. The fourth-order valence-corrected chi connectivity index (χ4v) is 2.67. The molecule has 0 spiro atoms. The molecule has 4 heteroatoms. The van der Waals surface area contributed by atoms with Gasteiger partial charge in [0.1, 0.15) is 5.75 Å². The first-order valence-corrected chi connectivity index (χ1v) is 7.63. The minimum atomic E-state index is 0.267. The summed E-state index contributed by atoms with van der Waals surface area (Å²) in [7, 11) is 0. The predicted octanol–water partition coefficient (Wildman–Crippen LogP) is 2.38. The van der Waals surface area contributed by atoms with Crippen molar-refractivity contribution in [2.75, 3.05) is 31.4 Å². The molecule has 1 aromatic carbocycles. The lowest BCUT2D eigenvalue weighted by Crippen LogP contribution is -2.43. The molecule has 20 heavy (non-hydrogen) atoms. The lowest BCUT2D eigenvalue weighted by Gasteiger charge is -2.33. The Labute approximate surface area is 120 Å². The number of nitrogens with two attached hydrogens (primary N) is 1. The van der Waals surface area contributed by atoms with Gasteiger partial charge < -0.3 is 20.1 Å². The zero-order chi connectivity index (χ0) is 13.8. The van der Waals surface area contributed by atoms with Crippen LogP contribution in [-0.4, -0.2) is 32.5 Å². The normalized spacial score (nSPS) is 22.9. The van der Waals surface area contributed by atoms with E-state index >= 15 is 0 Å². The monoisotopic (exact) mass is 276 g/mol. The number of ether oxygens (including phenoxy) is 2. The summed E-state index contributed by atoms with van der Waals surface area (Å²) in [5.41, 5.74) is 7.20. The van der Waals surface area contributed by atoms with E-state index in [0.29, 0.717) is 6.79 Å². The van der Waals surface area contributed by atoms with Crippen molar-refractivity contribution in [3.63, 3.8) is 0 Å². The van der Waals surface area contributed by atoms with E-state index < -0.39 is 0 Å². The molecule has 3 rings (SSSR count). The number of anilines is 1. The van der Waals surface area contributed by atoms with Gasteiger partial charge in [-0.2, -0.15) is 0 Å². The summed E-state index contributed by atoms with van der Waals surface area (Å²) in [5.74, 6) is 1.67. The Bertz CT molecular complexity index is 434. The number of nitrogens with zero attached hydrogens (tertiary/aromatic N) is 1. The van der Waals surface area contributed by atoms with Gasteiger partial charge in [0, 0.05) is 19.1 Å². The number of para-hydroxylation sites is 2. The van der Waals surface area contributed by atoms with E-state index in [-0.39, 0.29) is 6.04 Å². The Morgan fingerprint density at radius 2 is 2.05 bits per heavy atom. The third kappa shape index (κ3) is 3.64. The smallest absolute Gasteiger partial charge is 0.189 e. The van der Waals surface area contributed by atoms with Crippen LogP contribution in [0.15, 0.2) is 24.3 Å². The van der Waals surface area contributed by atoms with Gasteiger partial charge in [0.25, 0.3) is 0 Å². The molecule has 0 amide bonds. The molecular weight excluding hydrogens is 252 g/mol. The SMILES string of the molecule is NC1CCCN(c2ccccc2OCOCC2CC2)C1. The average molecular weight is 276 g/mol. The summed E-state index contributed by atoms with van der Waals surface area (Å²) >= 11 is 0. The topological polar surface area (TPSA) is 47.7 Å². The van der Waals surface area contributed by atoms with Crippen LogP contribution in [0.5, 0.6) is 5.75 Å². The predicted molar refractivity (Wildman–Crippen MR) is 80.0 cm³/mol. The van der Waals surface area contributed by atoms with Crippen LogP contribution < -0.4 is 15.4 Å². The van der Waals surface area contributed by atoms with Crippen LogP contribution in [0.3, 0.4) is 0 Å². The van der Waals surface area contributed by atoms with Crippen LogP contribution in [0.4, 0.5) is 5.69 Å². The van der Waals surface area contributed by atoms with E-state index in [4.69, 9.17) is 15.2 Å². The first-order chi connectivity index (χ1) is 9.83. The molecule has 1 saturated heterocycles. The summed E-state index contributed by atoms with van der Waals surface area (Å²) in [5, 5.41) is 0. The van der Waals surface area contributed by atoms with Gasteiger partial charge in [0.05, 0.1) is 12.3 Å². The fraction of sp³-hybridized carbons (Fsp3) is 0.625. The van der Waals surface area contributed by atoms with Crippen molar-refractivity contribution in [1.29, 1.82) is 0 Å². The van der Waals surface area contributed by atoms with Gasteiger partial charge in [-0.1, -0.05) is 12.1 Å². The molecule has 0 bridgehead atoms. The quantitative estimate of drug-likeness (QED) is 0.640. The first kappa shape index (κ1) is 13.7. The number of hydrogen-bond donors (Lipinski definition) is 1. The molecule has 1 saturated carbocycles. The van der Waals surface area contributed by atoms with Crippen molar-refractivity contribution in [2.45, 2.75) is 31.7 Å². The highest BCUT2D eigenvalue weighted by atomic mass is 16.7. The van der Waals surface area contributed by atoms with Gasteiger partial charge in [-0.05, 0) is 43.7 Å². The number of piperidine rings is 1. The lowest BCUT2D eigenvalue weighted by atomic mass is 10.1. The van der Waals surface area contributed by atoms with Crippen molar-refractivity contribution in [2.24, 2.45) is 11.7 Å². The fourth-order valence-electron chi connectivity index (χ4n) is 2.67. The van der Waals surface area contributed by atoms with E-state index in [0.717, 1.165) is 49.9 Å². The Hall–Kier alpha value is -1.26. The summed E-state index contributed by atoms with van der Waals surface area (Å²) in [6, 6.07) is 8.43. The summed E-state index contributed by atoms with van der Waals surface area (Å²) < 4.78 is 11.4. The molecule has 1 atom stereocenters. The van der Waals surface area contributed by atoms with Crippen molar-refractivity contribution in [3.8, 4) is 5.75 Å². The highest BCUT2D eigenvalue weighted by molar-refractivity contribution is 5.58. The van der Waals surface area contributed by atoms with Crippen LogP contribution >= 0.6 is 0 Å². The Kier molecular flexibility index (Phi) is 4.43. The third-order valence-electron chi connectivity index (χ3n) is 4.01. The van der Waals surface area contributed by atoms with Gasteiger partial charge in [-0.3, -0.25) is 0 Å². The molecule has 0 radical (unpaired) electrons. The second-order valence-electron chi connectivity index (χ2n) is 5.89. The zero-order valence-electron chi connectivity index (χ0n) is 12.0. The molecule has 4 nitrogen and oxygen atoms in total. The van der Waals surface area contributed by atoms with Gasteiger partial charge in [0.15, 0.2) is 6.79 Å². The van der Waals surface area contributed by atoms with E-state index in [1.54, 1.807) is 0 Å². The largest absolute Gasteiger partial charge is 0.465 e. The van der Waals surface area contributed by atoms with Gasteiger partial charge in [-0.15, -0.1) is 0 Å². The maximum Gasteiger partial charge on any atom is 0.189 e. The molecule has 1 heterocycles. The highest BCUT2D eigenvalue weighted by Gasteiger charge is 2.22. The number of hydrogen-bond acceptors (Lipinski definition) is 4. The summed E-state index contributed by atoms with van der Waals surface area (Å²) in [4.78, 5) is 2.32. The van der Waals surface area contributed by atoms with Crippen molar-refractivity contribution >= 4 is 5.69 Å². The lowest BCUT2D eigenvalue weighted by molar-refractivity contribution is 0.0102. The minimum Gasteiger partial charge on any atom is -0.465 e. The Morgan fingerprint density at radius 3 is 2.85 bits per heavy atom. The molecule has 2 aliphatic rings. The molecule has 110 valence electrons. The van der Waals surface area contributed by atoms with Crippen LogP contribution in [0.25, 0.3) is 0 Å². The van der Waals surface area contributed by atoms with Crippen molar-refractivity contribution < 1.29 is 9.47 Å². The molecule has 2 fully saturated rings. The summed E-state index contributed by atoms with van der Waals surface area (Å²) in [6.07, 6.45) is 4.88. The molecule has 1 aromatic rings. The molecule has 1 unspecified atom stereocenters. The molecule has 1 aliphatic heterocycles. The maximum absolute atomic E-state index is 6.07. The number of benzene rings is 1. The molecular formula is C16H24N2O2. The van der Waals surface area contributed by atoms with Crippen LogP contribution in [0.2, 0.25) is 0 Å². The standard InChI is InChI=1S/C16H24N2O2/c17-14-4-3-9-18(10-14)15-5-1-2-6-16(15)20-12-19-11-13-7-8-13/h1-2,5-6,13-14H,3-4,7-12,17H2. The first-order valence-electron chi connectivity index (χ1n) is 7.63. The molecule has 2 N–H and O–H groups in total.